The summed E-state index contributed by atoms with van der Waals surface area (Å²) in [5.41, 5.74) is 0.667. The predicted octanol–water partition coefficient (Wildman–Crippen LogP) is 1.44. The average molecular weight is 233 g/mol. The predicted molar refractivity (Wildman–Crippen MR) is 48.4 cm³/mol. The maximum absolute atomic E-state index is 10.4. The van der Waals surface area contributed by atoms with Gasteiger partial charge >= 0.3 is 0 Å². The third-order valence-corrected chi connectivity index (χ3v) is 2.93. The number of hydrogen-bond acceptors (Lipinski definition) is 2. The molecule has 0 radical (unpaired) electrons. The molecule has 58 valence electrons. The Morgan fingerprint density at radius 2 is 1.73 bits per heavy atom. The van der Waals surface area contributed by atoms with Gasteiger partial charge in [-0.3, -0.25) is 0 Å². The van der Waals surface area contributed by atoms with Gasteiger partial charge in [0.2, 0.25) is 10.3 Å². The van der Waals surface area contributed by atoms with Crippen LogP contribution in [-0.2, 0) is 10.3 Å². The van der Waals surface area contributed by atoms with Gasteiger partial charge in [0, 0.05) is 5.56 Å². The smallest absolute Gasteiger partial charge is 0.183 e. The van der Waals surface area contributed by atoms with E-state index in [2.05, 4.69) is 15.9 Å². The second kappa shape index (κ2) is 3.69. The van der Waals surface area contributed by atoms with Crippen LogP contribution in [0.1, 0.15) is 5.56 Å². The minimum absolute atomic E-state index is 0.193. The normalized spacial score (nSPS) is 9.18. The van der Waals surface area contributed by atoms with E-state index in [1.54, 1.807) is 24.3 Å². The van der Waals surface area contributed by atoms with Gasteiger partial charge in [-0.25, -0.2) is 0 Å². The fourth-order valence-electron chi connectivity index (χ4n) is 0.665. The Labute approximate surface area is 74.5 Å². The third-order valence-electron chi connectivity index (χ3n) is 1.15. The van der Waals surface area contributed by atoms with E-state index < -0.39 is 10.3 Å². The van der Waals surface area contributed by atoms with Crippen molar-refractivity contribution in [1.29, 1.82) is 0 Å². The third kappa shape index (κ3) is 2.17. The molecule has 2 nitrogen and oxygen atoms in total. The summed E-state index contributed by atoms with van der Waals surface area (Å²) in [4.78, 5) is 0. The summed E-state index contributed by atoms with van der Waals surface area (Å²) in [6, 6.07) is 8.84. The molecule has 0 fully saturated rings. The van der Waals surface area contributed by atoms with Crippen LogP contribution >= 0.6 is 15.9 Å². The van der Waals surface area contributed by atoms with Crippen molar-refractivity contribution in [3.63, 3.8) is 0 Å². The summed E-state index contributed by atoms with van der Waals surface area (Å²) < 4.78 is 21.0. The second-order valence-corrected chi connectivity index (χ2v) is 4.07. The lowest BCUT2D eigenvalue weighted by molar-refractivity contribution is 0.627. The molecule has 0 saturated heterocycles. The summed E-state index contributed by atoms with van der Waals surface area (Å²) in [5.74, 6) is 0. The Hall–Kier alpha value is -0.610. The van der Waals surface area contributed by atoms with Gasteiger partial charge in [-0.2, -0.15) is 8.42 Å². The van der Waals surface area contributed by atoms with E-state index >= 15 is 0 Å². The van der Waals surface area contributed by atoms with Gasteiger partial charge in [-0.05, 0) is 15.9 Å². The highest BCUT2D eigenvalue weighted by atomic mass is 79.9. The zero-order valence-corrected chi connectivity index (χ0v) is 7.89. The Morgan fingerprint density at radius 1 is 1.18 bits per heavy atom. The van der Waals surface area contributed by atoms with E-state index in [1.807, 2.05) is 6.07 Å². The van der Waals surface area contributed by atoms with Crippen LogP contribution in [0.3, 0.4) is 0 Å². The SMILES string of the molecule is O=S(=O)=C(Br)c1ccccc1. The van der Waals surface area contributed by atoms with E-state index in [0.29, 0.717) is 5.56 Å². The van der Waals surface area contributed by atoms with Crippen LogP contribution < -0.4 is 0 Å². The van der Waals surface area contributed by atoms with Gasteiger partial charge in [0.15, 0.2) is 0 Å². The maximum atomic E-state index is 10.4. The largest absolute Gasteiger partial charge is 0.229 e. The average Bonchev–Trinajstić information content (AvgIpc) is 2.05. The van der Waals surface area contributed by atoms with E-state index in [-0.39, 0.29) is 3.77 Å². The van der Waals surface area contributed by atoms with E-state index in [0.717, 1.165) is 0 Å². The molecule has 4 heteroatoms. The first-order chi connectivity index (χ1) is 5.22. The molecule has 0 N–H and O–H groups in total. The van der Waals surface area contributed by atoms with Gasteiger partial charge in [0.05, 0.1) is 0 Å². The highest BCUT2D eigenvalue weighted by Gasteiger charge is 1.97. The van der Waals surface area contributed by atoms with Crippen molar-refractivity contribution in [3.05, 3.63) is 35.9 Å². The summed E-state index contributed by atoms with van der Waals surface area (Å²) in [5, 5.41) is 0. The quantitative estimate of drug-likeness (QED) is 0.543. The van der Waals surface area contributed by atoms with Gasteiger partial charge in [-0.15, -0.1) is 0 Å². The minimum atomic E-state index is -2.18. The van der Waals surface area contributed by atoms with Gasteiger partial charge in [0.25, 0.3) is 0 Å². The molecule has 0 aliphatic carbocycles. The van der Waals surface area contributed by atoms with Crippen LogP contribution in [0, 0.1) is 0 Å². The molecule has 0 amide bonds. The summed E-state index contributed by atoms with van der Waals surface area (Å²) >= 11 is 2.95. The zero-order valence-electron chi connectivity index (χ0n) is 5.49. The molecule has 0 bridgehead atoms. The number of benzene rings is 1. The van der Waals surface area contributed by atoms with Crippen molar-refractivity contribution in [3.8, 4) is 0 Å². The van der Waals surface area contributed by atoms with Crippen molar-refractivity contribution in [2.24, 2.45) is 0 Å². The van der Waals surface area contributed by atoms with Crippen molar-refractivity contribution < 1.29 is 8.42 Å². The van der Waals surface area contributed by atoms with Crippen molar-refractivity contribution in [2.45, 2.75) is 0 Å². The monoisotopic (exact) mass is 232 g/mol. The molecule has 0 aliphatic rings. The molecule has 0 saturated carbocycles. The van der Waals surface area contributed by atoms with Gasteiger partial charge in [0.1, 0.15) is 3.77 Å². The highest BCUT2D eigenvalue weighted by Crippen LogP contribution is 2.04. The highest BCUT2D eigenvalue weighted by molar-refractivity contribution is 9.20. The standard InChI is InChI=1S/C7H5BrO2S/c8-7(11(9)10)6-4-2-1-3-5-6/h1-5H. The van der Waals surface area contributed by atoms with E-state index in [1.165, 1.54) is 0 Å². The van der Waals surface area contributed by atoms with E-state index in [9.17, 15) is 8.42 Å². The van der Waals surface area contributed by atoms with Crippen LogP contribution in [0.4, 0.5) is 0 Å². The molecule has 0 unspecified atom stereocenters. The lowest BCUT2D eigenvalue weighted by Gasteiger charge is -1.90. The number of halogens is 1. The molecule has 0 aromatic heterocycles. The minimum Gasteiger partial charge on any atom is -0.183 e. The molecule has 0 atom stereocenters. The first-order valence-corrected chi connectivity index (χ1v) is 4.76. The van der Waals surface area contributed by atoms with Crippen molar-refractivity contribution >= 4 is 30.0 Å². The maximum Gasteiger partial charge on any atom is 0.229 e. The molecule has 0 aliphatic heterocycles. The first-order valence-electron chi connectivity index (χ1n) is 2.89. The Bertz CT molecular complexity index is 359. The molecule has 0 heterocycles. The summed E-state index contributed by atoms with van der Waals surface area (Å²) in [6.45, 7) is 0. The molecule has 1 aromatic carbocycles. The Balaban J connectivity index is 3.26. The Kier molecular flexibility index (Phi) is 2.84. The second-order valence-electron chi connectivity index (χ2n) is 1.87. The van der Waals surface area contributed by atoms with E-state index in [4.69, 9.17) is 0 Å². The van der Waals surface area contributed by atoms with Gasteiger partial charge in [-0.1, -0.05) is 30.3 Å². The Morgan fingerprint density at radius 3 is 2.18 bits per heavy atom. The molecule has 1 aromatic rings. The molecule has 0 spiro atoms. The van der Waals surface area contributed by atoms with Crippen LogP contribution in [0.25, 0.3) is 0 Å². The zero-order chi connectivity index (χ0) is 8.27. The molecule has 1 rings (SSSR count). The van der Waals surface area contributed by atoms with Gasteiger partial charge < -0.3 is 0 Å². The van der Waals surface area contributed by atoms with Crippen LogP contribution in [0.15, 0.2) is 30.3 Å². The lowest BCUT2D eigenvalue weighted by atomic mass is 10.2. The first kappa shape index (κ1) is 8.49. The number of hydrogen-bond donors (Lipinski definition) is 0. The lowest BCUT2D eigenvalue weighted by Crippen LogP contribution is -1.89. The summed E-state index contributed by atoms with van der Waals surface area (Å²) in [6.07, 6.45) is 0. The molecule has 11 heavy (non-hydrogen) atoms. The van der Waals surface area contributed by atoms with Crippen LogP contribution in [0.5, 0.6) is 0 Å². The molecular weight excluding hydrogens is 228 g/mol. The fourth-order valence-corrected chi connectivity index (χ4v) is 1.26. The van der Waals surface area contributed by atoms with Crippen molar-refractivity contribution in [2.75, 3.05) is 0 Å². The summed E-state index contributed by atoms with van der Waals surface area (Å²) in [7, 11) is -2.18. The number of rotatable bonds is 1. The van der Waals surface area contributed by atoms with Crippen molar-refractivity contribution in [1.82, 2.24) is 0 Å². The molecular formula is C7H5BrO2S. The van der Waals surface area contributed by atoms with Crippen LogP contribution in [-0.4, -0.2) is 12.2 Å². The fraction of sp³-hybridized carbons (Fsp3) is 0. The topological polar surface area (TPSA) is 34.1 Å². The van der Waals surface area contributed by atoms with Crippen LogP contribution in [0.2, 0.25) is 0 Å².